The average Bonchev–Trinajstić information content (AvgIpc) is 3.10. The zero-order chi connectivity index (χ0) is 18.1. The van der Waals surface area contributed by atoms with Gasteiger partial charge in [-0.15, -0.1) is 0 Å². The number of piperidine rings is 1. The first-order valence-corrected chi connectivity index (χ1v) is 8.94. The van der Waals surface area contributed by atoms with E-state index >= 15 is 0 Å². The molecular weight excluding hydrogens is 332 g/mol. The number of hydrogen-bond donors (Lipinski definition) is 3. The van der Waals surface area contributed by atoms with E-state index in [9.17, 15) is 4.79 Å². The van der Waals surface area contributed by atoms with E-state index in [1.165, 1.54) is 12.3 Å². The minimum absolute atomic E-state index is 0.199. The first-order valence-electron chi connectivity index (χ1n) is 8.94. The molecule has 0 bridgehead atoms. The van der Waals surface area contributed by atoms with Crippen molar-refractivity contribution in [1.82, 2.24) is 25.8 Å². The highest BCUT2D eigenvalue weighted by atomic mass is 16.4. The van der Waals surface area contributed by atoms with E-state index in [2.05, 4.69) is 37.6 Å². The van der Waals surface area contributed by atoms with Crippen molar-refractivity contribution < 1.29 is 9.90 Å². The lowest BCUT2D eigenvalue weighted by Gasteiger charge is -2.36. The Kier molecular flexibility index (Phi) is 4.52. The fraction of sp³-hybridized carbons (Fsp3) is 0.444. The lowest BCUT2D eigenvalue weighted by atomic mass is 9.87. The molecule has 0 saturated carbocycles. The van der Waals surface area contributed by atoms with E-state index in [1.807, 2.05) is 0 Å². The van der Waals surface area contributed by atoms with Crippen LogP contribution in [-0.4, -0.2) is 51.2 Å². The molecule has 8 heteroatoms. The van der Waals surface area contributed by atoms with Gasteiger partial charge in [0, 0.05) is 43.5 Å². The summed E-state index contributed by atoms with van der Waals surface area (Å²) in [6.07, 6.45) is 5.32. The van der Waals surface area contributed by atoms with Gasteiger partial charge >= 0.3 is 5.97 Å². The van der Waals surface area contributed by atoms with Crippen molar-refractivity contribution in [3.63, 3.8) is 0 Å². The van der Waals surface area contributed by atoms with Crippen LogP contribution < -0.4 is 15.8 Å². The summed E-state index contributed by atoms with van der Waals surface area (Å²) >= 11 is 0. The van der Waals surface area contributed by atoms with Crippen molar-refractivity contribution in [1.29, 1.82) is 0 Å². The van der Waals surface area contributed by atoms with E-state index in [-0.39, 0.29) is 5.56 Å². The first-order chi connectivity index (χ1) is 12.7. The smallest absolute Gasteiger partial charge is 0.335 e. The third kappa shape index (κ3) is 3.13. The van der Waals surface area contributed by atoms with Crippen LogP contribution >= 0.6 is 0 Å². The molecule has 0 spiro atoms. The molecule has 2 aliphatic heterocycles. The lowest BCUT2D eigenvalue weighted by molar-refractivity contribution is 0.0697. The third-order valence-electron chi connectivity index (χ3n) is 5.26. The summed E-state index contributed by atoms with van der Waals surface area (Å²) in [6.45, 7) is 3.98. The maximum absolute atomic E-state index is 11.2. The number of fused-ring (bicyclic) bond motifs is 1. The summed E-state index contributed by atoms with van der Waals surface area (Å²) in [6, 6.07) is 5.73. The van der Waals surface area contributed by atoms with Gasteiger partial charge in [-0.25, -0.2) is 14.8 Å². The number of rotatable bonds is 4. The SMILES string of the molecule is CCC1NNC2CCN(c3nccc(-c4cc(C(=O)O)ccn4)n3)CC12. The van der Waals surface area contributed by atoms with Gasteiger partial charge in [0.1, 0.15) is 0 Å². The van der Waals surface area contributed by atoms with Crippen LogP contribution in [-0.2, 0) is 0 Å². The minimum Gasteiger partial charge on any atom is -0.478 e. The Bertz CT molecular complexity index is 808. The van der Waals surface area contributed by atoms with Crippen molar-refractivity contribution in [3.05, 3.63) is 36.2 Å². The highest BCUT2D eigenvalue weighted by Gasteiger charge is 2.39. The normalized spacial score (nSPS) is 25.1. The van der Waals surface area contributed by atoms with Gasteiger partial charge in [0.2, 0.25) is 5.95 Å². The monoisotopic (exact) mass is 354 g/mol. The molecule has 0 amide bonds. The van der Waals surface area contributed by atoms with E-state index in [0.29, 0.717) is 35.3 Å². The molecule has 2 fully saturated rings. The second kappa shape index (κ2) is 6.97. The van der Waals surface area contributed by atoms with Crippen molar-refractivity contribution in [2.45, 2.75) is 31.8 Å². The van der Waals surface area contributed by atoms with Gasteiger partial charge in [-0.2, -0.15) is 0 Å². The van der Waals surface area contributed by atoms with Gasteiger partial charge in [0.05, 0.1) is 17.0 Å². The number of carboxylic acids is 1. The Morgan fingerprint density at radius 2 is 2.12 bits per heavy atom. The van der Waals surface area contributed by atoms with Crippen molar-refractivity contribution in [3.8, 4) is 11.4 Å². The van der Waals surface area contributed by atoms with Crippen LogP contribution in [0.2, 0.25) is 0 Å². The predicted octanol–water partition coefficient (Wildman–Crippen LogP) is 1.32. The molecule has 3 N–H and O–H groups in total. The number of carboxylic acid groups (broad SMARTS) is 1. The molecule has 0 radical (unpaired) electrons. The number of carbonyl (C=O) groups is 1. The molecule has 3 atom stereocenters. The minimum atomic E-state index is -0.975. The third-order valence-corrected chi connectivity index (χ3v) is 5.26. The van der Waals surface area contributed by atoms with Crippen LogP contribution in [0.4, 0.5) is 5.95 Å². The maximum Gasteiger partial charge on any atom is 0.335 e. The van der Waals surface area contributed by atoms with Crippen LogP contribution in [0.1, 0.15) is 30.1 Å². The van der Waals surface area contributed by atoms with Gasteiger partial charge in [-0.3, -0.25) is 15.8 Å². The van der Waals surface area contributed by atoms with Gasteiger partial charge in [0.15, 0.2) is 0 Å². The molecule has 136 valence electrons. The van der Waals surface area contributed by atoms with E-state index in [1.54, 1.807) is 18.3 Å². The van der Waals surface area contributed by atoms with Crippen LogP contribution in [0, 0.1) is 5.92 Å². The molecule has 26 heavy (non-hydrogen) atoms. The Labute approximate surface area is 151 Å². The van der Waals surface area contributed by atoms with Gasteiger partial charge < -0.3 is 10.0 Å². The van der Waals surface area contributed by atoms with Gasteiger partial charge in [0.25, 0.3) is 0 Å². The lowest BCUT2D eigenvalue weighted by Crippen LogP contribution is -2.47. The Morgan fingerprint density at radius 3 is 2.92 bits per heavy atom. The van der Waals surface area contributed by atoms with Crippen LogP contribution in [0.15, 0.2) is 30.6 Å². The summed E-state index contributed by atoms with van der Waals surface area (Å²) < 4.78 is 0. The summed E-state index contributed by atoms with van der Waals surface area (Å²) in [4.78, 5) is 26.8. The van der Waals surface area contributed by atoms with Crippen LogP contribution in [0.5, 0.6) is 0 Å². The average molecular weight is 354 g/mol. The second-order valence-electron chi connectivity index (χ2n) is 6.79. The van der Waals surface area contributed by atoms with Crippen LogP contribution in [0.3, 0.4) is 0 Å². The number of nitrogens with one attached hydrogen (secondary N) is 2. The number of aromatic carboxylic acids is 1. The van der Waals surface area contributed by atoms with E-state index in [4.69, 9.17) is 5.11 Å². The summed E-state index contributed by atoms with van der Waals surface area (Å²) in [7, 11) is 0. The molecule has 0 aliphatic carbocycles. The number of pyridine rings is 1. The molecule has 8 nitrogen and oxygen atoms in total. The molecule has 4 rings (SSSR count). The van der Waals surface area contributed by atoms with Gasteiger partial charge in [-0.05, 0) is 31.0 Å². The number of aromatic nitrogens is 3. The number of hydrazine groups is 1. The van der Waals surface area contributed by atoms with Crippen molar-refractivity contribution >= 4 is 11.9 Å². The quantitative estimate of drug-likeness (QED) is 0.755. The number of nitrogens with zero attached hydrogens (tertiary/aromatic N) is 4. The summed E-state index contributed by atoms with van der Waals surface area (Å²) in [5.74, 6) is 0.219. The van der Waals surface area contributed by atoms with Crippen LogP contribution in [0.25, 0.3) is 11.4 Å². The topological polar surface area (TPSA) is 103 Å². The van der Waals surface area contributed by atoms with Crippen molar-refractivity contribution in [2.24, 2.45) is 5.92 Å². The highest BCUT2D eigenvalue weighted by molar-refractivity contribution is 5.88. The first kappa shape index (κ1) is 16.9. The largest absolute Gasteiger partial charge is 0.478 e. The Hall–Kier alpha value is -2.58. The zero-order valence-corrected chi connectivity index (χ0v) is 14.6. The number of hydrogen-bond acceptors (Lipinski definition) is 7. The highest BCUT2D eigenvalue weighted by Crippen LogP contribution is 2.28. The fourth-order valence-electron chi connectivity index (χ4n) is 3.82. The Morgan fingerprint density at radius 1 is 1.27 bits per heavy atom. The molecule has 2 saturated heterocycles. The van der Waals surface area contributed by atoms with E-state index in [0.717, 1.165) is 25.9 Å². The second-order valence-corrected chi connectivity index (χ2v) is 6.79. The van der Waals surface area contributed by atoms with Crippen molar-refractivity contribution in [2.75, 3.05) is 18.0 Å². The molecule has 3 unspecified atom stereocenters. The molecule has 2 aliphatic rings. The van der Waals surface area contributed by atoms with E-state index < -0.39 is 5.97 Å². The Balaban J connectivity index is 1.58. The summed E-state index contributed by atoms with van der Waals surface area (Å²) in [5, 5.41) is 9.17. The molecular formula is C18H22N6O2. The maximum atomic E-state index is 11.2. The molecule has 2 aromatic heterocycles. The predicted molar refractivity (Wildman–Crippen MR) is 96.7 cm³/mol. The fourth-order valence-corrected chi connectivity index (χ4v) is 3.82. The van der Waals surface area contributed by atoms with Gasteiger partial charge in [-0.1, -0.05) is 6.92 Å². The summed E-state index contributed by atoms with van der Waals surface area (Å²) in [5.41, 5.74) is 8.17. The zero-order valence-electron chi connectivity index (χ0n) is 14.6. The molecule has 0 aromatic carbocycles. The molecule has 2 aromatic rings. The number of anilines is 1. The standard InChI is InChI=1S/C18H22N6O2/c1-2-13-12-10-24(8-5-14(12)23-22-13)18-20-7-4-15(21-18)16-9-11(17(25)26)3-6-19-16/h3-4,6-7,9,12-14,22-23H,2,5,8,10H2,1H3,(H,25,26). The molecule has 4 heterocycles.